The first kappa shape index (κ1) is 12.5. The van der Waals surface area contributed by atoms with Gasteiger partial charge in [0.1, 0.15) is 5.01 Å². The summed E-state index contributed by atoms with van der Waals surface area (Å²) in [5.74, 6) is 0. The predicted molar refractivity (Wildman–Crippen MR) is 68.7 cm³/mol. The molecule has 7 nitrogen and oxygen atoms in total. The second kappa shape index (κ2) is 5.13. The first-order valence-electron chi connectivity index (χ1n) is 5.50. The molecular weight excluding hydrogens is 254 g/mol. The maximum absolute atomic E-state index is 12.0. The number of nitrogen functional groups attached to an aromatic ring is 1. The van der Waals surface area contributed by atoms with E-state index in [-0.39, 0.29) is 17.8 Å². The smallest absolute Gasteiger partial charge is 0.331 e. The second-order valence-electron chi connectivity index (χ2n) is 3.75. The zero-order chi connectivity index (χ0) is 13.1. The summed E-state index contributed by atoms with van der Waals surface area (Å²) < 4.78 is 2.64. The van der Waals surface area contributed by atoms with Gasteiger partial charge in [0.2, 0.25) is 5.13 Å². The normalized spacial score (nSPS) is 10.7. The summed E-state index contributed by atoms with van der Waals surface area (Å²) in [4.78, 5) is 23.7. The van der Waals surface area contributed by atoms with Gasteiger partial charge in [0.05, 0.1) is 6.54 Å². The van der Waals surface area contributed by atoms with Crippen LogP contribution in [-0.2, 0) is 13.1 Å². The molecule has 2 aromatic heterocycles. The van der Waals surface area contributed by atoms with Gasteiger partial charge >= 0.3 is 5.69 Å². The Morgan fingerprint density at radius 1 is 1.39 bits per heavy atom. The van der Waals surface area contributed by atoms with Crippen LogP contribution in [0.15, 0.2) is 21.9 Å². The predicted octanol–water partition coefficient (Wildman–Crippen LogP) is -0.0980. The van der Waals surface area contributed by atoms with E-state index in [9.17, 15) is 9.59 Å². The van der Waals surface area contributed by atoms with Gasteiger partial charge in [0, 0.05) is 18.8 Å². The fourth-order valence-electron chi connectivity index (χ4n) is 1.58. The molecule has 0 aliphatic heterocycles. The molecule has 0 aliphatic carbocycles. The van der Waals surface area contributed by atoms with Crippen LogP contribution in [0.5, 0.6) is 0 Å². The molecule has 0 aromatic carbocycles. The Morgan fingerprint density at radius 2 is 2.17 bits per heavy atom. The fraction of sp³-hybridized carbons (Fsp3) is 0.400. The van der Waals surface area contributed by atoms with Gasteiger partial charge < -0.3 is 10.3 Å². The van der Waals surface area contributed by atoms with Crippen LogP contribution < -0.4 is 17.0 Å². The highest BCUT2D eigenvalue weighted by Gasteiger charge is 2.08. The largest absolute Gasteiger partial charge is 0.374 e. The lowest BCUT2D eigenvalue weighted by Crippen LogP contribution is -2.39. The molecule has 0 saturated carbocycles. The van der Waals surface area contributed by atoms with Gasteiger partial charge in [-0.2, -0.15) is 0 Å². The number of anilines is 1. The van der Waals surface area contributed by atoms with Crippen molar-refractivity contribution in [2.45, 2.75) is 26.4 Å². The first-order valence-corrected chi connectivity index (χ1v) is 6.31. The zero-order valence-electron chi connectivity index (χ0n) is 9.87. The highest BCUT2D eigenvalue weighted by atomic mass is 32.1. The third kappa shape index (κ3) is 2.48. The summed E-state index contributed by atoms with van der Waals surface area (Å²) in [6.45, 7) is 2.65. The van der Waals surface area contributed by atoms with E-state index in [1.165, 1.54) is 28.2 Å². The molecule has 0 aliphatic rings. The molecule has 0 fully saturated rings. The summed E-state index contributed by atoms with van der Waals surface area (Å²) >= 11 is 1.17. The number of rotatable bonds is 4. The van der Waals surface area contributed by atoms with Gasteiger partial charge in [-0.3, -0.25) is 9.36 Å². The Hall–Kier alpha value is -1.96. The lowest BCUT2D eigenvalue weighted by molar-refractivity contribution is 0.569. The summed E-state index contributed by atoms with van der Waals surface area (Å²) in [5.41, 5.74) is 4.78. The molecule has 18 heavy (non-hydrogen) atoms. The van der Waals surface area contributed by atoms with E-state index in [0.29, 0.717) is 16.7 Å². The maximum atomic E-state index is 12.0. The van der Waals surface area contributed by atoms with Gasteiger partial charge in [0.15, 0.2) is 0 Å². The Labute approximate surface area is 107 Å². The van der Waals surface area contributed by atoms with Gasteiger partial charge in [-0.25, -0.2) is 4.79 Å². The fourth-order valence-corrected chi connectivity index (χ4v) is 2.18. The van der Waals surface area contributed by atoms with Crippen LogP contribution in [0.25, 0.3) is 0 Å². The SMILES string of the molecule is CCCn1ccc(=O)n(Cc2nnc(N)s2)c1=O. The molecule has 0 atom stereocenters. The highest BCUT2D eigenvalue weighted by molar-refractivity contribution is 7.15. The average Bonchev–Trinajstić information content (AvgIpc) is 2.74. The van der Waals surface area contributed by atoms with Crippen LogP contribution >= 0.6 is 11.3 Å². The molecule has 2 aromatic rings. The quantitative estimate of drug-likeness (QED) is 0.834. The minimum absolute atomic E-state index is 0.108. The van der Waals surface area contributed by atoms with Crippen molar-refractivity contribution in [1.29, 1.82) is 0 Å². The highest BCUT2D eigenvalue weighted by Crippen LogP contribution is 2.10. The molecule has 0 saturated heterocycles. The monoisotopic (exact) mass is 267 g/mol. The van der Waals surface area contributed by atoms with Crippen molar-refractivity contribution in [1.82, 2.24) is 19.3 Å². The number of nitrogens with zero attached hydrogens (tertiary/aromatic N) is 4. The summed E-state index contributed by atoms with van der Waals surface area (Å²) in [6.07, 6.45) is 2.34. The Bertz CT molecular complexity index is 657. The molecular formula is C10H13N5O2S. The van der Waals surface area contributed by atoms with Crippen LogP contribution in [0, 0.1) is 0 Å². The van der Waals surface area contributed by atoms with Gasteiger partial charge in [-0.15, -0.1) is 10.2 Å². The first-order chi connectivity index (χ1) is 8.61. The van der Waals surface area contributed by atoms with Crippen molar-refractivity contribution in [3.05, 3.63) is 38.1 Å². The van der Waals surface area contributed by atoms with E-state index in [1.807, 2.05) is 6.92 Å². The second-order valence-corrected chi connectivity index (χ2v) is 4.84. The van der Waals surface area contributed by atoms with Crippen LogP contribution in [0.3, 0.4) is 0 Å². The third-order valence-corrected chi connectivity index (χ3v) is 3.12. The van der Waals surface area contributed by atoms with E-state index in [4.69, 9.17) is 5.73 Å². The molecule has 8 heteroatoms. The summed E-state index contributed by atoms with van der Waals surface area (Å²) in [7, 11) is 0. The molecule has 0 bridgehead atoms. The average molecular weight is 267 g/mol. The maximum Gasteiger partial charge on any atom is 0.331 e. The molecule has 2 heterocycles. The van der Waals surface area contributed by atoms with Crippen molar-refractivity contribution in [2.75, 3.05) is 5.73 Å². The van der Waals surface area contributed by atoms with E-state index in [1.54, 1.807) is 0 Å². The van der Waals surface area contributed by atoms with Crippen LogP contribution in [-0.4, -0.2) is 19.3 Å². The Balaban J connectivity index is 2.40. The number of aromatic nitrogens is 4. The number of nitrogens with two attached hydrogens (primary N) is 1. The summed E-state index contributed by atoms with van der Waals surface area (Å²) in [5, 5.41) is 8.32. The van der Waals surface area contributed by atoms with Crippen LogP contribution in [0.1, 0.15) is 18.4 Å². The minimum Gasteiger partial charge on any atom is -0.374 e. The Morgan fingerprint density at radius 3 is 2.78 bits per heavy atom. The van der Waals surface area contributed by atoms with Crippen molar-refractivity contribution >= 4 is 16.5 Å². The zero-order valence-corrected chi connectivity index (χ0v) is 10.7. The van der Waals surface area contributed by atoms with Crippen molar-refractivity contribution in [2.24, 2.45) is 0 Å². The van der Waals surface area contributed by atoms with E-state index in [2.05, 4.69) is 10.2 Å². The van der Waals surface area contributed by atoms with Crippen LogP contribution in [0.4, 0.5) is 5.13 Å². The topological polar surface area (TPSA) is 95.8 Å². The van der Waals surface area contributed by atoms with Gasteiger partial charge in [0.25, 0.3) is 5.56 Å². The molecule has 2 N–H and O–H groups in total. The Kier molecular flexibility index (Phi) is 3.56. The minimum atomic E-state index is -0.346. The third-order valence-electron chi connectivity index (χ3n) is 2.38. The molecule has 0 spiro atoms. The molecule has 0 unspecified atom stereocenters. The standard InChI is InChI=1S/C10H13N5O2S/c1-2-4-14-5-3-8(16)15(10(14)17)6-7-12-13-9(11)18-7/h3,5H,2,4,6H2,1H3,(H2,11,13). The number of hydrogen-bond donors (Lipinski definition) is 1. The summed E-state index contributed by atoms with van der Waals surface area (Å²) in [6, 6.07) is 1.38. The molecule has 0 amide bonds. The van der Waals surface area contributed by atoms with E-state index >= 15 is 0 Å². The van der Waals surface area contributed by atoms with Crippen molar-refractivity contribution in [3.8, 4) is 0 Å². The van der Waals surface area contributed by atoms with Crippen LogP contribution in [0.2, 0.25) is 0 Å². The van der Waals surface area contributed by atoms with E-state index in [0.717, 1.165) is 11.0 Å². The van der Waals surface area contributed by atoms with Crippen molar-refractivity contribution < 1.29 is 0 Å². The van der Waals surface area contributed by atoms with Crippen molar-refractivity contribution in [3.63, 3.8) is 0 Å². The molecule has 0 radical (unpaired) electrons. The number of aryl methyl sites for hydroxylation is 1. The van der Waals surface area contributed by atoms with Gasteiger partial charge in [-0.05, 0) is 6.42 Å². The lowest BCUT2D eigenvalue weighted by atomic mass is 10.4. The van der Waals surface area contributed by atoms with E-state index < -0.39 is 0 Å². The van der Waals surface area contributed by atoms with Gasteiger partial charge in [-0.1, -0.05) is 18.3 Å². The molecule has 2 rings (SSSR count). The molecule has 96 valence electrons. The number of hydrogen-bond acceptors (Lipinski definition) is 6. The lowest BCUT2D eigenvalue weighted by Gasteiger charge is -2.07.